The number of hydrogen-bond donors (Lipinski definition) is 0. The van der Waals surface area contributed by atoms with Crippen molar-refractivity contribution in [3.05, 3.63) is 0 Å². The second kappa shape index (κ2) is 30.8. The second-order valence-electron chi connectivity index (χ2n) is 8.75. The van der Waals surface area contributed by atoms with Crippen LogP contribution in [0.15, 0.2) is 0 Å². The largest absolute Gasteiger partial charge is 2.00 e. The molecule has 0 unspecified atom stereocenters. The van der Waals surface area contributed by atoms with E-state index in [-0.39, 0.29) is 17.1 Å². The zero-order chi connectivity index (χ0) is 24.5. The first-order chi connectivity index (χ1) is 15.4. The van der Waals surface area contributed by atoms with Crippen molar-refractivity contribution in [2.24, 2.45) is 0 Å². The van der Waals surface area contributed by atoms with Gasteiger partial charge >= 0.3 is 17.1 Å². The van der Waals surface area contributed by atoms with Gasteiger partial charge < -0.3 is 59.5 Å². The molecule has 0 heterocycles. The molecular formula is C26H52N2S4Se. The first kappa shape index (κ1) is 38.3. The maximum atomic E-state index is 5.11. The fourth-order valence-electron chi connectivity index (χ4n) is 3.51. The Labute approximate surface area is 240 Å². The summed E-state index contributed by atoms with van der Waals surface area (Å²) in [7, 11) is 0. The Balaban J connectivity index is -0.000000529. The van der Waals surface area contributed by atoms with E-state index in [1.54, 1.807) is 0 Å². The molecule has 0 fully saturated rings. The van der Waals surface area contributed by atoms with Crippen molar-refractivity contribution in [3.63, 3.8) is 0 Å². The van der Waals surface area contributed by atoms with Crippen LogP contribution in [0.4, 0.5) is 0 Å². The molecule has 0 rings (SSSR count). The molecule has 2 nitrogen and oxygen atoms in total. The van der Waals surface area contributed by atoms with Crippen LogP contribution in [0, 0.1) is 0 Å². The molecule has 0 N–H and O–H groups in total. The Bertz CT molecular complexity index is 363. The summed E-state index contributed by atoms with van der Waals surface area (Å²) in [6.45, 7) is 13.2. The van der Waals surface area contributed by atoms with E-state index in [2.05, 4.69) is 37.5 Å². The minimum absolute atomic E-state index is 0. The van der Waals surface area contributed by atoms with Crippen LogP contribution in [-0.4, -0.2) is 61.7 Å². The summed E-state index contributed by atoms with van der Waals surface area (Å²) in [4.78, 5) is 4.41. The Kier molecular flexibility index (Phi) is 35.7. The van der Waals surface area contributed by atoms with Gasteiger partial charge in [-0.05, 0) is 25.7 Å². The minimum Gasteiger partial charge on any atom is -0.411 e. The molecule has 0 aliphatic heterocycles. The maximum Gasteiger partial charge on any atom is 2.00 e. The van der Waals surface area contributed by atoms with E-state index in [0.29, 0.717) is 8.64 Å². The van der Waals surface area contributed by atoms with Gasteiger partial charge in [0.25, 0.3) is 0 Å². The molecule has 33 heavy (non-hydrogen) atoms. The van der Waals surface area contributed by atoms with Crippen molar-refractivity contribution in [1.82, 2.24) is 9.80 Å². The summed E-state index contributed by atoms with van der Waals surface area (Å²) < 4.78 is 1.32. The topological polar surface area (TPSA) is 6.48 Å². The van der Waals surface area contributed by atoms with E-state index in [4.69, 9.17) is 49.7 Å². The third-order valence-corrected chi connectivity index (χ3v) is 6.68. The van der Waals surface area contributed by atoms with Gasteiger partial charge in [-0.15, -0.1) is 0 Å². The zero-order valence-corrected chi connectivity index (χ0v) is 27.1. The molecule has 0 aliphatic rings. The van der Waals surface area contributed by atoms with Crippen LogP contribution in [-0.2, 0) is 25.3 Å². The molecular weight excluding hydrogens is 548 g/mol. The van der Waals surface area contributed by atoms with Gasteiger partial charge in [0.2, 0.25) is 0 Å². The molecule has 0 aromatic heterocycles. The van der Waals surface area contributed by atoms with Gasteiger partial charge in [-0.2, -0.15) is 0 Å². The second-order valence-corrected chi connectivity index (χ2v) is 10.8. The molecule has 4 radical (unpaired) electrons. The number of hydrogen-bond acceptors (Lipinski definition) is 4. The van der Waals surface area contributed by atoms with E-state index in [9.17, 15) is 0 Å². The summed E-state index contributed by atoms with van der Waals surface area (Å²) in [6, 6.07) is 0. The van der Waals surface area contributed by atoms with Gasteiger partial charge in [-0.1, -0.05) is 113 Å². The fourth-order valence-corrected chi connectivity index (χ4v) is 4.24. The zero-order valence-electron chi connectivity index (χ0n) is 22.1. The van der Waals surface area contributed by atoms with E-state index in [1.807, 2.05) is 0 Å². The Morgan fingerprint density at radius 1 is 0.455 bits per heavy atom. The van der Waals surface area contributed by atoms with Crippen molar-refractivity contribution >= 4 is 75.4 Å². The summed E-state index contributed by atoms with van der Waals surface area (Å²) >= 11 is 20.5. The van der Waals surface area contributed by atoms with Crippen molar-refractivity contribution in [2.45, 2.75) is 130 Å². The Hall–Kier alpha value is 0.739. The predicted molar refractivity (Wildman–Crippen MR) is 165 cm³/mol. The summed E-state index contributed by atoms with van der Waals surface area (Å²) in [5, 5.41) is 0. The standard InChI is InChI=1S/2C13H27NS2.Se/c2*1-3-5-7-9-11-14(13(15)16)12-10-8-6-4-2;/h2*3-12H2,1-2H3,(H,15,16);/q;;+2/p-2. The number of nitrogens with zero attached hydrogens (tertiary/aromatic N) is 2. The van der Waals surface area contributed by atoms with Crippen LogP contribution in [0.5, 0.6) is 0 Å². The van der Waals surface area contributed by atoms with Gasteiger partial charge in [0.15, 0.2) is 0 Å². The molecule has 0 amide bonds. The van der Waals surface area contributed by atoms with Gasteiger partial charge in [0.1, 0.15) is 0 Å². The maximum absolute atomic E-state index is 5.11. The number of rotatable bonds is 20. The van der Waals surface area contributed by atoms with Crippen LogP contribution in [0.2, 0.25) is 0 Å². The van der Waals surface area contributed by atoms with Crippen LogP contribution < -0.4 is 0 Å². The summed E-state index contributed by atoms with van der Waals surface area (Å²) in [6.07, 6.45) is 20.6. The predicted octanol–water partition coefficient (Wildman–Crippen LogP) is 8.18. The van der Waals surface area contributed by atoms with Gasteiger partial charge in [0.05, 0.1) is 0 Å². The number of thiocarbonyl (C=S) groups is 2. The van der Waals surface area contributed by atoms with Gasteiger partial charge in [-0.3, -0.25) is 0 Å². The van der Waals surface area contributed by atoms with E-state index in [1.165, 1.54) is 103 Å². The van der Waals surface area contributed by atoms with Gasteiger partial charge in [0, 0.05) is 26.2 Å². The molecule has 0 aliphatic carbocycles. The molecule has 0 bridgehead atoms. The normalized spacial score (nSPS) is 10.1. The Morgan fingerprint density at radius 2 is 0.667 bits per heavy atom. The molecule has 196 valence electrons. The summed E-state index contributed by atoms with van der Waals surface area (Å²) in [5.41, 5.74) is 0. The van der Waals surface area contributed by atoms with E-state index >= 15 is 0 Å². The molecule has 0 saturated heterocycles. The molecule has 0 aromatic rings. The molecule has 0 saturated carbocycles. The smallest absolute Gasteiger partial charge is 0.411 e. The van der Waals surface area contributed by atoms with Crippen molar-refractivity contribution in [1.29, 1.82) is 0 Å². The first-order valence-electron chi connectivity index (χ1n) is 13.4. The fraction of sp³-hybridized carbons (Fsp3) is 0.923. The Morgan fingerprint density at radius 3 is 0.818 bits per heavy atom. The third-order valence-electron chi connectivity index (χ3n) is 5.64. The van der Waals surface area contributed by atoms with Crippen molar-refractivity contribution in [2.75, 3.05) is 26.2 Å². The van der Waals surface area contributed by atoms with Crippen LogP contribution in [0.25, 0.3) is 0 Å². The van der Waals surface area contributed by atoms with Crippen molar-refractivity contribution in [3.8, 4) is 0 Å². The van der Waals surface area contributed by atoms with Crippen LogP contribution >= 0.6 is 24.4 Å². The minimum atomic E-state index is 0. The van der Waals surface area contributed by atoms with E-state index < -0.39 is 0 Å². The monoisotopic (exact) mass is 600 g/mol. The SMILES string of the molecule is CCCCCCN(CCCCCC)C(=S)[S-].CCCCCCN(CCCCCC)C(=S)[S-].[Se+2]. The first-order valence-corrected chi connectivity index (χ1v) is 15.0. The average Bonchev–Trinajstić information content (AvgIpc) is 2.77. The molecule has 7 heteroatoms. The molecule has 0 spiro atoms. The quantitative estimate of drug-likeness (QED) is 0.0598. The van der Waals surface area contributed by atoms with Gasteiger partial charge in [-0.25, -0.2) is 0 Å². The average molecular weight is 600 g/mol. The van der Waals surface area contributed by atoms with Crippen LogP contribution in [0.3, 0.4) is 0 Å². The third kappa shape index (κ3) is 28.9. The molecule has 0 atom stereocenters. The molecule has 0 aromatic carbocycles. The summed E-state index contributed by atoms with van der Waals surface area (Å²) in [5.74, 6) is 0. The van der Waals surface area contributed by atoms with Crippen molar-refractivity contribution < 1.29 is 0 Å². The van der Waals surface area contributed by atoms with Crippen LogP contribution in [0.1, 0.15) is 130 Å². The number of unbranched alkanes of at least 4 members (excludes halogenated alkanes) is 12. The van der Waals surface area contributed by atoms with E-state index in [0.717, 1.165) is 26.2 Å².